The monoisotopic (exact) mass is 434 g/mol. The molecule has 152 valence electrons. The van der Waals surface area contributed by atoms with Crippen LogP contribution in [0.1, 0.15) is 5.56 Å². The zero-order valence-electron chi connectivity index (χ0n) is 14.7. The SMILES string of the molecule is COc1cc(OC)nc(NC(=S)N(Cc2ccccc2OC(F)F)S(=O)O)n1. The smallest absolute Gasteiger partial charge is 0.387 e. The maximum atomic E-state index is 12.6. The molecule has 0 amide bonds. The molecule has 0 fully saturated rings. The number of benzene rings is 1. The van der Waals surface area contributed by atoms with E-state index in [1.165, 1.54) is 38.5 Å². The maximum absolute atomic E-state index is 12.6. The lowest BCUT2D eigenvalue weighted by Gasteiger charge is -2.22. The van der Waals surface area contributed by atoms with Gasteiger partial charge in [0, 0.05) is 5.56 Å². The summed E-state index contributed by atoms with van der Waals surface area (Å²) in [5.41, 5.74) is 0.221. The van der Waals surface area contributed by atoms with Gasteiger partial charge in [-0.3, -0.25) is 4.55 Å². The van der Waals surface area contributed by atoms with Crippen molar-refractivity contribution in [3.05, 3.63) is 35.9 Å². The Morgan fingerprint density at radius 2 is 1.89 bits per heavy atom. The Hall–Kier alpha value is -2.64. The Balaban J connectivity index is 2.23. The van der Waals surface area contributed by atoms with Crippen LogP contribution in [0.3, 0.4) is 0 Å². The van der Waals surface area contributed by atoms with Crippen LogP contribution in [0.15, 0.2) is 30.3 Å². The molecule has 1 heterocycles. The van der Waals surface area contributed by atoms with Gasteiger partial charge in [0.05, 0.1) is 26.8 Å². The summed E-state index contributed by atoms with van der Waals surface area (Å²) in [4.78, 5) is 8.00. The van der Waals surface area contributed by atoms with Crippen molar-refractivity contribution in [2.24, 2.45) is 0 Å². The highest BCUT2D eigenvalue weighted by Crippen LogP contribution is 2.23. The molecule has 2 aromatic rings. The summed E-state index contributed by atoms with van der Waals surface area (Å²) in [5.74, 6) is 0.151. The number of halogens is 2. The lowest BCUT2D eigenvalue weighted by molar-refractivity contribution is -0.0505. The van der Waals surface area contributed by atoms with Crippen LogP contribution < -0.4 is 19.5 Å². The van der Waals surface area contributed by atoms with E-state index in [0.29, 0.717) is 0 Å². The number of aromatic nitrogens is 2. The van der Waals surface area contributed by atoms with E-state index >= 15 is 0 Å². The Kier molecular flexibility index (Phi) is 7.78. The molecule has 1 unspecified atom stereocenters. The first kappa shape index (κ1) is 21.7. The molecule has 28 heavy (non-hydrogen) atoms. The average molecular weight is 434 g/mol. The molecule has 0 radical (unpaired) electrons. The largest absolute Gasteiger partial charge is 0.481 e. The van der Waals surface area contributed by atoms with Crippen molar-refractivity contribution in [1.82, 2.24) is 14.3 Å². The number of nitrogens with one attached hydrogen (secondary N) is 1. The van der Waals surface area contributed by atoms with Gasteiger partial charge in [-0.2, -0.15) is 18.7 Å². The standard InChI is InChI=1S/C15H16F2N4O5S2/c1-24-11-7-12(25-2)19-14(18-11)20-15(27)21(28(22)23)8-9-5-3-4-6-10(9)26-13(16)17/h3-7,13H,8H2,1-2H3,(H,22,23)(H,18,19,20,27). The highest BCUT2D eigenvalue weighted by atomic mass is 32.2. The molecule has 9 nitrogen and oxygen atoms in total. The molecule has 0 aliphatic rings. The molecular weight excluding hydrogens is 418 g/mol. The van der Waals surface area contributed by atoms with Gasteiger partial charge in [-0.25, -0.2) is 8.51 Å². The Morgan fingerprint density at radius 3 is 2.43 bits per heavy atom. The first-order valence-electron chi connectivity index (χ1n) is 7.53. The summed E-state index contributed by atoms with van der Waals surface area (Å²) in [6, 6.07) is 7.26. The molecular formula is C15H16F2N4O5S2. The zero-order chi connectivity index (χ0) is 20.7. The number of nitrogens with zero attached hydrogens (tertiary/aromatic N) is 3. The third-order valence-corrected chi connectivity index (χ3v) is 4.36. The van der Waals surface area contributed by atoms with Gasteiger partial charge in [-0.15, -0.1) is 0 Å². The lowest BCUT2D eigenvalue weighted by atomic mass is 10.2. The van der Waals surface area contributed by atoms with E-state index in [2.05, 4.69) is 20.0 Å². The lowest BCUT2D eigenvalue weighted by Crippen LogP contribution is -2.36. The predicted octanol–water partition coefficient (Wildman–Crippen LogP) is 2.43. The van der Waals surface area contributed by atoms with Gasteiger partial charge < -0.3 is 19.5 Å². The summed E-state index contributed by atoms with van der Waals surface area (Å²) in [6.45, 7) is -3.34. The molecule has 0 aliphatic heterocycles. The molecule has 2 N–H and O–H groups in total. The van der Waals surface area contributed by atoms with Crippen LogP contribution in [-0.4, -0.2) is 49.0 Å². The first-order chi connectivity index (χ1) is 13.3. The number of rotatable bonds is 8. The zero-order valence-corrected chi connectivity index (χ0v) is 16.3. The van der Waals surface area contributed by atoms with Gasteiger partial charge in [0.25, 0.3) is 11.3 Å². The molecule has 0 aliphatic carbocycles. The molecule has 0 saturated carbocycles. The fourth-order valence-electron chi connectivity index (χ4n) is 2.03. The van der Waals surface area contributed by atoms with Crippen molar-refractivity contribution in [3.8, 4) is 17.5 Å². The number of alkyl halides is 2. The highest BCUT2D eigenvalue weighted by molar-refractivity contribution is 7.83. The van der Waals surface area contributed by atoms with E-state index in [9.17, 15) is 17.5 Å². The minimum absolute atomic E-state index is 0.0474. The molecule has 1 atom stereocenters. The van der Waals surface area contributed by atoms with E-state index in [-0.39, 0.29) is 40.7 Å². The minimum atomic E-state index is -3.04. The molecule has 1 aromatic heterocycles. The van der Waals surface area contributed by atoms with Crippen LogP contribution in [0.5, 0.6) is 17.5 Å². The van der Waals surface area contributed by atoms with Crippen LogP contribution in [0.25, 0.3) is 0 Å². The molecule has 0 spiro atoms. The number of ether oxygens (including phenoxy) is 3. The van der Waals surface area contributed by atoms with Crippen molar-refractivity contribution in [3.63, 3.8) is 0 Å². The maximum Gasteiger partial charge on any atom is 0.387 e. The van der Waals surface area contributed by atoms with Gasteiger partial charge in [0.2, 0.25) is 17.7 Å². The van der Waals surface area contributed by atoms with Crippen LogP contribution in [0.2, 0.25) is 0 Å². The minimum Gasteiger partial charge on any atom is -0.481 e. The Morgan fingerprint density at radius 1 is 1.29 bits per heavy atom. The molecule has 0 saturated heterocycles. The van der Waals surface area contributed by atoms with E-state index < -0.39 is 17.9 Å². The quantitative estimate of drug-likeness (QED) is 0.479. The van der Waals surface area contributed by atoms with Crippen molar-refractivity contribution < 1.29 is 31.8 Å². The van der Waals surface area contributed by atoms with Crippen molar-refractivity contribution in [2.75, 3.05) is 19.5 Å². The van der Waals surface area contributed by atoms with Gasteiger partial charge in [-0.05, 0) is 18.3 Å². The summed E-state index contributed by atoms with van der Waals surface area (Å²) in [7, 11) is 2.78. The van der Waals surface area contributed by atoms with Crippen molar-refractivity contribution in [2.45, 2.75) is 13.2 Å². The number of hydrogen-bond donors (Lipinski definition) is 2. The number of anilines is 1. The Bertz CT molecular complexity index is 837. The second-order valence-corrected chi connectivity index (χ2v) is 6.25. The number of para-hydroxylation sites is 1. The van der Waals surface area contributed by atoms with Crippen LogP contribution in [0.4, 0.5) is 14.7 Å². The Labute approximate surface area is 167 Å². The van der Waals surface area contributed by atoms with E-state index in [0.717, 1.165) is 4.31 Å². The van der Waals surface area contributed by atoms with E-state index in [4.69, 9.17) is 21.7 Å². The summed E-state index contributed by atoms with van der Waals surface area (Å²) < 4.78 is 61.7. The summed E-state index contributed by atoms with van der Waals surface area (Å²) in [5, 5.41) is 2.35. The molecule has 13 heteroatoms. The van der Waals surface area contributed by atoms with Crippen LogP contribution in [-0.2, 0) is 17.8 Å². The normalized spacial score (nSPS) is 11.6. The second-order valence-electron chi connectivity index (χ2n) is 4.96. The van der Waals surface area contributed by atoms with Gasteiger partial charge in [-0.1, -0.05) is 18.2 Å². The molecule has 0 bridgehead atoms. The van der Waals surface area contributed by atoms with Crippen molar-refractivity contribution >= 4 is 34.5 Å². The molecule has 1 aromatic carbocycles. The van der Waals surface area contributed by atoms with Gasteiger partial charge in [0.15, 0.2) is 5.11 Å². The topological polar surface area (TPSA) is 106 Å². The van der Waals surface area contributed by atoms with Crippen LogP contribution in [0, 0.1) is 0 Å². The highest BCUT2D eigenvalue weighted by Gasteiger charge is 2.20. The number of hydrogen-bond acceptors (Lipinski definition) is 7. The van der Waals surface area contributed by atoms with Gasteiger partial charge >= 0.3 is 6.61 Å². The summed E-state index contributed by atoms with van der Waals surface area (Å²) in [6.07, 6.45) is 0. The fourth-order valence-corrected chi connectivity index (χ4v) is 2.81. The predicted molar refractivity (Wildman–Crippen MR) is 101 cm³/mol. The summed E-state index contributed by atoms with van der Waals surface area (Å²) >= 11 is 2.56. The third kappa shape index (κ3) is 5.94. The fraction of sp³-hybridized carbons (Fsp3) is 0.267. The first-order valence-corrected chi connectivity index (χ1v) is 9.00. The number of thiocarbonyl (C=S) groups is 1. The van der Waals surface area contributed by atoms with E-state index in [1.54, 1.807) is 6.07 Å². The van der Waals surface area contributed by atoms with Gasteiger partial charge in [0.1, 0.15) is 5.75 Å². The van der Waals surface area contributed by atoms with E-state index in [1.807, 2.05) is 0 Å². The number of methoxy groups -OCH3 is 2. The molecule has 2 rings (SSSR count). The average Bonchev–Trinajstić information content (AvgIpc) is 2.65. The van der Waals surface area contributed by atoms with Crippen LogP contribution >= 0.6 is 12.2 Å². The van der Waals surface area contributed by atoms with Crippen molar-refractivity contribution in [1.29, 1.82) is 0 Å². The third-order valence-electron chi connectivity index (χ3n) is 3.23. The second kappa shape index (κ2) is 10.1.